The zero-order valence-corrected chi connectivity index (χ0v) is 17.6. The third-order valence-corrected chi connectivity index (χ3v) is 13.1. The zero-order chi connectivity index (χ0) is 18.8. The molecule has 0 bridgehead atoms. The topological polar surface area (TPSA) is 71.8 Å². The Bertz CT molecular complexity index is 487. The summed E-state index contributed by atoms with van der Waals surface area (Å²) in [6.07, 6.45) is 15.7. The van der Waals surface area contributed by atoms with Crippen LogP contribution in [0.3, 0.4) is 0 Å². The van der Waals surface area contributed by atoms with E-state index in [9.17, 15) is 10.1 Å². The fourth-order valence-corrected chi connectivity index (χ4v) is 11.7. The van der Waals surface area contributed by atoms with Crippen LogP contribution in [0.2, 0.25) is 0 Å². The molecule has 0 saturated heterocycles. The maximum absolute atomic E-state index is 11.3. The van der Waals surface area contributed by atoms with E-state index in [0.29, 0.717) is 0 Å². The Morgan fingerprint density at radius 2 is 1.32 bits per heavy atom. The molecule has 0 unspecified atom stereocenters. The summed E-state index contributed by atoms with van der Waals surface area (Å²) >= 11 is 0. The van der Waals surface area contributed by atoms with Gasteiger partial charge >= 0.3 is 153 Å². The predicted molar refractivity (Wildman–Crippen MR) is 111 cm³/mol. The molecule has 1 heterocycles. The molecule has 0 atom stereocenters. The second-order valence-electron chi connectivity index (χ2n) is 7.63. The zero-order valence-electron chi connectivity index (χ0n) is 16.7. The average molecular weight is 372 g/mol. The second kappa shape index (κ2) is 10.3. The third-order valence-electron chi connectivity index (χ3n) is 5.74. The number of hydrogen-bond donors (Lipinski definition) is 1. The van der Waals surface area contributed by atoms with E-state index in [1.165, 1.54) is 82.2 Å². The Hall–Kier alpha value is -0.960. The van der Waals surface area contributed by atoms with Crippen molar-refractivity contribution in [3.8, 4) is 0 Å². The molecule has 0 aromatic carbocycles. The molecular formula is C19H38N3O2P. The molecule has 1 N–H and O–H groups in total. The molecule has 0 spiro atoms. The van der Waals surface area contributed by atoms with Gasteiger partial charge in [0.05, 0.1) is 0 Å². The van der Waals surface area contributed by atoms with Gasteiger partial charge in [-0.25, -0.2) is 0 Å². The van der Waals surface area contributed by atoms with Crippen molar-refractivity contribution in [2.75, 3.05) is 24.6 Å². The molecule has 0 aliphatic carbocycles. The molecule has 1 rings (SSSR count). The van der Waals surface area contributed by atoms with Gasteiger partial charge in [0.2, 0.25) is 0 Å². The van der Waals surface area contributed by atoms with Crippen molar-refractivity contribution >= 4 is 18.0 Å². The van der Waals surface area contributed by atoms with Crippen LogP contribution < -0.4 is 5.57 Å². The molecule has 1 aromatic rings. The molecule has 1 aromatic heterocycles. The first-order valence-corrected chi connectivity index (χ1v) is 13.2. The normalized spacial score (nSPS) is 13.5. The minimum absolute atomic E-state index is 0.0602. The Morgan fingerprint density at radius 3 is 1.60 bits per heavy atom. The SMILES string of the molecule is CCCCP(CCCC)(CCCC)(CCCC)c1ncc([N+](=O)[O-])[nH]1. The first kappa shape index (κ1) is 22.1. The van der Waals surface area contributed by atoms with Crippen LogP contribution in [0.1, 0.15) is 79.1 Å². The monoisotopic (exact) mass is 371 g/mol. The number of unbranched alkanes of at least 4 members (excludes halogenated alkanes) is 4. The van der Waals surface area contributed by atoms with Crippen molar-refractivity contribution in [3.05, 3.63) is 16.3 Å². The van der Waals surface area contributed by atoms with Gasteiger partial charge in [-0.15, -0.1) is 0 Å². The number of nitro groups is 1. The van der Waals surface area contributed by atoms with Crippen molar-refractivity contribution in [1.29, 1.82) is 0 Å². The predicted octanol–water partition coefficient (Wildman–Crippen LogP) is 5.70. The first-order valence-electron chi connectivity index (χ1n) is 10.2. The van der Waals surface area contributed by atoms with E-state index < -0.39 is 6.60 Å². The van der Waals surface area contributed by atoms with E-state index in [1.54, 1.807) is 0 Å². The van der Waals surface area contributed by atoms with Gasteiger partial charge in [-0.2, -0.15) is 0 Å². The van der Waals surface area contributed by atoms with Crippen molar-refractivity contribution in [3.63, 3.8) is 0 Å². The molecule has 0 saturated carbocycles. The van der Waals surface area contributed by atoms with Gasteiger partial charge in [0.15, 0.2) is 0 Å². The summed E-state index contributed by atoms with van der Waals surface area (Å²) in [6, 6.07) is 0. The van der Waals surface area contributed by atoms with Gasteiger partial charge in [0.25, 0.3) is 0 Å². The Balaban J connectivity index is 3.48. The van der Waals surface area contributed by atoms with E-state index in [1.807, 2.05) is 0 Å². The van der Waals surface area contributed by atoms with Gasteiger partial charge in [0.1, 0.15) is 0 Å². The van der Waals surface area contributed by atoms with Crippen LogP contribution in [0, 0.1) is 10.1 Å². The number of nitrogens with one attached hydrogen (secondary N) is 1. The number of imidazole rings is 1. The quantitative estimate of drug-likeness (QED) is 0.259. The fraction of sp³-hybridized carbons (Fsp3) is 0.842. The van der Waals surface area contributed by atoms with Crippen LogP contribution in [0.4, 0.5) is 5.82 Å². The summed E-state index contributed by atoms with van der Waals surface area (Å²) in [4.78, 5) is 18.8. The van der Waals surface area contributed by atoms with Crippen molar-refractivity contribution in [1.82, 2.24) is 9.97 Å². The number of rotatable bonds is 14. The summed E-state index contributed by atoms with van der Waals surface area (Å²) in [5.74, 6) is 0.0602. The van der Waals surface area contributed by atoms with E-state index in [4.69, 9.17) is 0 Å². The Morgan fingerprint density at radius 1 is 0.920 bits per heavy atom. The molecule has 0 aliphatic rings. The number of hydrogen-bond acceptors (Lipinski definition) is 3. The van der Waals surface area contributed by atoms with Crippen LogP contribution in [0.5, 0.6) is 0 Å². The summed E-state index contributed by atoms with van der Waals surface area (Å²) < 4.78 is 0. The van der Waals surface area contributed by atoms with Crippen LogP contribution in [0.25, 0.3) is 0 Å². The van der Waals surface area contributed by atoms with Gasteiger partial charge in [0, 0.05) is 0 Å². The molecular weight excluding hydrogens is 333 g/mol. The first-order chi connectivity index (χ1) is 12.0. The van der Waals surface area contributed by atoms with Crippen LogP contribution in [0.15, 0.2) is 6.20 Å². The van der Waals surface area contributed by atoms with Gasteiger partial charge in [-0.05, 0) is 0 Å². The summed E-state index contributed by atoms with van der Waals surface area (Å²) in [5.41, 5.74) is 1.00. The summed E-state index contributed by atoms with van der Waals surface area (Å²) in [7, 11) is 0. The van der Waals surface area contributed by atoms with E-state index in [-0.39, 0.29) is 10.7 Å². The molecule has 5 nitrogen and oxygen atoms in total. The van der Waals surface area contributed by atoms with Crippen LogP contribution >= 0.6 is 6.60 Å². The fourth-order valence-electron chi connectivity index (χ4n) is 4.10. The standard InChI is InChI=1S/C19H38N3O2P/c1-5-9-13-25(14-10-6-2,15-11-7-3,16-12-8-4)19-20-17-18(21-19)22(23)24/h17H,5-16H2,1-4H3,(H,20,21). The molecule has 146 valence electrons. The van der Waals surface area contributed by atoms with Crippen molar-refractivity contribution in [2.24, 2.45) is 0 Å². The van der Waals surface area contributed by atoms with Crippen LogP contribution in [-0.2, 0) is 0 Å². The molecule has 25 heavy (non-hydrogen) atoms. The van der Waals surface area contributed by atoms with Crippen LogP contribution in [-0.4, -0.2) is 39.5 Å². The molecule has 0 aliphatic heterocycles. The third kappa shape index (κ3) is 5.26. The van der Waals surface area contributed by atoms with Gasteiger partial charge in [-0.3, -0.25) is 0 Å². The molecule has 0 radical (unpaired) electrons. The summed E-state index contributed by atoms with van der Waals surface area (Å²) in [6.45, 7) is 6.68. The van der Waals surface area contributed by atoms with E-state index >= 15 is 0 Å². The Labute approximate surface area is 153 Å². The number of H-pyrrole nitrogens is 1. The van der Waals surface area contributed by atoms with Gasteiger partial charge in [-0.1, -0.05) is 0 Å². The van der Waals surface area contributed by atoms with Crippen molar-refractivity contribution in [2.45, 2.75) is 79.1 Å². The average Bonchev–Trinajstić information content (AvgIpc) is 3.13. The Kier molecular flexibility index (Phi) is 9.06. The molecule has 0 fully saturated rings. The molecule has 6 heteroatoms. The molecule has 0 amide bonds. The number of nitrogens with zero attached hydrogens (tertiary/aromatic N) is 2. The summed E-state index contributed by atoms with van der Waals surface area (Å²) in [5, 5.41) is 11.3. The van der Waals surface area contributed by atoms with Crippen molar-refractivity contribution < 1.29 is 4.92 Å². The van der Waals surface area contributed by atoms with E-state index in [0.717, 1.165) is 5.57 Å². The minimum atomic E-state index is -2.30. The van der Waals surface area contributed by atoms with Gasteiger partial charge < -0.3 is 0 Å². The maximum atomic E-state index is 11.3. The number of aromatic amines is 1. The van der Waals surface area contributed by atoms with E-state index in [2.05, 4.69) is 37.7 Å². The second-order valence-corrected chi connectivity index (χ2v) is 13.8. The number of aromatic nitrogens is 2.